The van der Waals surface area contributed by atoms with Gasteiger partial charge < -0.3 is 10.5 Å². The van der Waals surface area contributed by atoms with E-state index in [-0.39, 0.29) is 5.75 Å². The molecule has 0 aliphatic heterocycles. The predicted molar refractivity (Wildman–Crippen MR) is 88.7 cm³/mol. The van der Waals surface area contributed by atoms with E-state index in [9.17, 15) is 13.2 Å². The van der Waals surface area contributed by atoms with Gasteiger partial charge in [-0.1, -0.05) is 24.3 Å². The van der Waals surface area contributed by atoms with Crippen molar-refractivity contribution in [1.82, 2.24) is 9.97 Å². The van der Waals surface area contributed by atoms with Crippen LogP contribution in [-0.4, -0.2) is 16.3 Å². The molecule has 0 bridgehead atoms. The summed E-state index contributed by atoms with van der Waals surface area (Å²) in [5, 5.41) is 0. The lowest BCUT2D eigenvalue weighted by atomic mass is 9.95. The zero-order valence-corrected chi connectivity index (χ0v) is 13.2. The molecule has 2 N–H and O–H groups in total. The van der Waals surface area contributed by atoms with E-state index in [2.05, 4.69) is 14.7 Å². The first-order chi connectivity index (χ1) is 11.8. The monoisotopic (exact) mass is 345 g/mol. The molecule has 128 valence electrons. The van der Waals surface area contributed by atoms with Gasteiger partial charge in [-0.2, -0.15) is 0 Å². The molecule has 0 unspecified atom stereocenters. The van der Waals surface area contributed by atoms with Crippen LogP contribution < -0.4 is 10.5 Å². The van der Waals surface area contributed by atoms with Crippen molar-refractivity contribution in [3.05, 3.63) is 60.7 Å². The van der Waals surface area contributed by atoms with Gasteiger partial charge in [0.25, 0.3) is 0 Å². The van der Waals surface area contributed by atoms with E-state index < -0.39 is 6.36 Å². The van der Waals surface area contributed by atoms with Gasteiger partial charge in [0.1, 0.15) is 11.6 Å². The van der Waals surface area contributed by atoms with Crippen LogP contribution in [-0.2, 0) is 0 Å². The summed E-state index contributed by atoms with van der Waals surface area (Å²) in [5.74, 6) is 0.309. The number of nitrogens with zero attached hydrogens (tertiary/aromatic N) is 2. The first-order valence-corrected chi connectivity index (χ1v) is 7.37. The molecule has 0 amide bonds. The van der Waals surface area contributed by atoms with Crippen molar-refractivity contribution in [2.75, 3.05) is 5.73 Å². The minimum Gasteiger partial charge on any atom is -0.405 e. The Hall–Kier alpha value is -3.09. The Kier molecular flexibility index (Phi) is 4.31. The van der Waals surface area contributed by atoms with Gasteiger partial charge in [0.2, 0.25) is 0 Å². The second-order valence-electron chi connectivity index (χ2n) is 5.37. The Morgan fingerprint density at radius 2 is 1.60 bits per heavy atom. The van der Waals surface area contributed by atoms with Crippen molar-refractivity contribution in [1.29, 1.82) is 0 Å². The van der Waals surface area contributed by atoms with Crippen LogP contribution in [0.1, 0.15) is 5.82 Å². The molecule has 0 aliphatic carbocycles. The smallest absolute Gasteiger partial charge is 0.405 e. The summed E-state index contributed by atoms with van der Waals surface area (Å²) >= 11 is 0. The van der Waals surface area contributed by atoms with E-state index >= 15 is 0 Å². The van der Waals surface area contributed by atoms with Crippen LogP contribution in [0.25, 0.3) is 22.3 Å². The zero-order chi connectivity index (χ0) is 18.0. The number of aromatic nitrogens is 2. The second kappa shape index (κ2) is 6.43. The van der Waals surface area contributed by atoms with Crippen molar-refractivity contribution in [2.45, 2.75) is 13.3 Å². The largest absolute Gasteiger partial charge is 0.573 e. The number of rotatable bonds is 3. The van der Waals surface area contributed by atoms with Gasteiger partial charge in [-0.05, 0) is 36.2 Å². The lowest BCUT2D eigenvalue weighted by molar-refractivity contribution is -0.274. The first-order valence-electron chi connectivity index (χ1n) is 7.37. The van der Waals surface area contributed by atoms with Gasteiger partial charge in [-0.3, -0.25) is 0 Å². The van der Waals surface area contributed by atoms with Gasteiger partial charge in [-0.25, -0.2) is 9.97 Å². The quantitative estimate of drug-likeness (QED) is 0.705. The average Bonchev–Trinajstić information content (AvgIpc) is 2.55. The van der Waals surface area contributed by atoms with Crippen molar-refractivity contribution in [2.24, 2.45) is 0 Å². The highest BCUT2D eigenvalue weighted by Gasteiger charge is 2.32. The fourth-order valence-electron chi connectivity index (χ4n) is 2.47. The minimum absolute atomic E-state index is 0.283. The number of alkyl halides is 3. The van der Waals surface area contributed by atoms with Gasteiger partial charge in [0.05, 0.1) is 0 Å². The van der Waals surface area contributed by atoms with E-state index in [1.807, 2.05) is 0 Å². The standard InChI is InChI=1S/C18H14F3N3O/c1-11-23-9-12(10-24-11)16-8-13(22)6-7-14(16)15-4-2-3-5-17(15)25-18(19,20)21/h2-10H,22H2,1H3. The molecule has 1 aromatic heterocycles. The Balaban J connectivity index is 2.17. The summed E-state index contributed by atoms with van der Waals surface area (Å²) in [5.41, 5.74) is 8.46. The van der Waals surface area contributed by atoms with E-state index in [1.165, 1.54) is 12.1 Å². The van der Waals surface area contributed by atoms with E-state index in [1.54, 1.807) is 49.6 Å². The first kappa shape index (κ1) is 16.8. The molecule has 0 fully saturated rings. The number of para-hydroxylation sites is 1. The van der Waals surface area contributed by atoms with Crippen LogP contribution in [0.3, 0.4) is 0 Å². The van der Waals surface area contributed by atoms with Crippen molar-refractivity contribution < 1.29 is 17.9 Å². The molecule has 4 nitrogen and oxygen atoms in total. The molecule has 1 heterocycles. The maximum absolute atomic E-state index is 12.7. The summed E-state index contributed by atoms with van der Waals surface area (Å²) in [4.78, 5) is 8.28. The number of hydrogen-bond donors (Lipinski definition) is 1. The summed E-state index contributed by atoms with van der Waals surface area (Å²) < 4.78 is 42.3. The molecule has 0 atom stereocenters. The number of nitrogen functional groups attached to an aromatic ring is 1. The number of anilines is 1. The lowest BCUT2D eigenvalue weighted by Crippen LogP contribution is -2.17. The maximum Gasteiger partial charge on any atom is 0.573 e. The average molecular weight is 345 g/mol. The number of benzene rings is 2. The van der Waals surface area contributed by atoms with E-state index in [0.29, 0.717) is 33.8 Å². The zero-order valence-electron chi connectivity index (χ0n) is 13.2. The Labute approximate surface area is 142 Å². The Bertz CT molecular complexity index is 893. The fraction of sp³-hybridized carbons (Fsp3) is 0.111. The molecule has 3 rings (SSSR count). The molecule has 0 aliphatic rings. The maximum atomic E-state index is 12.7. The molecular weight excluding hydrogens is 331 g/mol. The van der Waals surface area contributed by atoms with E-state index in [4.69, 9.17) is 5.73 Å². The molecule has 0 radical (unpaired) electrons. The van der Waals surface area contributed by atoms with Crippen molar-refractivity contribution in [3.8, 4) is 28.0 Å². The number of ether oxygens (including phenoxy) is 1. The van der Waals surface area contributed by atoms with Gasteiger partial charge in [0.15, 0.2) is 0 Å². The molecule has 0 spiro atoms. The third kappa shape index (κ3) is 3.88. The molecule has 0 saturated heterocycles. The van der Waals surface area contributed by atoms with Crippen LogP contribution in [0.5, 0.6) is 5.75 Å². The lowest BCUT2D eigenvalue weighted by Gasteiger charge is -2.16. The van der Waals surface area contributed by atoms with Crippen LogP contribution in [0, 0.1) is 6.92 Å². The highest BCUT2D eigenvalue weighted by atomic mass is 19.4. The predicted octanol–water partition coefficient (Wildman–Crippen LogP) is 4.60. The highest BCUT2D eigenvalue weighted by Crippen LogP contribution is 2.39. The topological polar surface area (TPSA) is 61.0 Å². The summed E-state index contributed by atoms with van der Waals surface area (Å²) in [6.45, 7) is 1.75. The van der Waals surface area contributed by atoms with Crippen LogP contribution in [0.15, 0.2) is 54.9 Å². The highest BCUT2D eigenvalue weighted by molar-refractivity contribution is 5.87. The van der Waals surface area contributed by atoms with E-state index in [0.717, 1.165) is 0 Å². The normalized spacial score (nSPS) is 11.4. The molecule has 25 heavy (non-hydrogen) atoms. The third-order valence-electron chi connectivity index (χ3n) is 3.54. The minimum atomic E-state index is -4.78. The molecule has 7 heteroatoms. The molecular formula is C18H14F3N3O. The molecule has 2 aromatic carbocycles. The summed E-state index contributed by atoms with van der Waals surface area (Å²) in [6, 6.07) is 10.9. The van der Waals surface area contributed by atoms with Crippen LogP contribution >= 0.6 is 0 Å². The number of nitrogens with two attached hydrogens (primary N) is 1. The van der Waals surface area contributed by atoms with Crippen molar-refractivity contribution in [3.63, 3.8) is 0 Å². The van der Waals surface area contributed by atoms with Crippen molar-refractivity contribution >= 4 is 5.69 Å². The van der Waals surface area contributed by atoms with Gasteiger partial charge in [0, 0.05) is 29.2 Å². The number of aryl methyl sites for hydroxylation is 1. The Morgan fingerprint density at radius 1 is 0.920 bits per heavy atom. The van der Waals surface area contributed by atoms with Crippen LogP contribution in [0.4, 0.5) is 18.9 Å². The fourth-order valence-corrected chi connectivity index (χ4v) is 2.47. The van der Waals surface area contributed by atoms with Gasteiger partial charge >= 0.3 is 6.36 Å². The second-order valence-corrected chi connectivity index (χ2v) is 5.37. The van der Waals surface area contributed by atoms with Gasteiger partial charge in [-0.15, -0.1) is 13.2 Å². The molecule has 3 aromatic rings. The SMILES string of the molecule is Cc1ncc(-c2cc(N)ccc2-c2ccccc2OC(F)(F)F)cn1. The summed E-state index contributed by atoms with van der Waals surface area (Å²) in [7, 11) is 0. The molecule has 0 saturated carbocycles. The van der Waals surface area contributed by atoms with Crippen LogP contribution in [0.2, 0.25) is 0 Å². The third-order valence-corrected chi connectivity index (χ3v) is 3.54. The summed E-state index contributed by atoms with van der Waals surface area (Å²) in [6.07, 6.45) is -1.57. The number of halogens is 3. The Morgan fingerprint density at radius 3 is 2.28 bits per heavy atom. The number of hydrogen-bond acceptors (Lipinski definition) is 4.